The van der Waals surface area contributed by atoms with Gasteiger partial charge in [0.15, 0.2) is 0 Å². The lowest BCUT2D eigenvalue weighted by molar-refractivity contribution is 0.627. The molecule has 18 heavy (non-hydrogen) atoms. The van der Waals surface area contributed by atoms with E-state index in [0.717, 1.165) is 0 Å². The van der Waals surface area contributed by atoms with Crippen LogP contribution in [0.1, 0.15) is 17.1 Å². The Hall–Kier alpha value is -1.20. The van der Waals surface area contributed by atoms with Crippen molar-refractivity contribution in [2.75, 3.05) is 0 Å². The molecule has 0 bridgehead atoms. The molecule has 0 aliphatic rings. The molecule has 1 aromatic carbocycles. The fourth-order valence-electron chi connectivity index (χ4n) is 1.56. The topological polar surface area (TPSA) is 45.8 Å². The van der Waals surface area contributed by atoms with Gasteiger partial charge in [-0.15, -0.1) is 0 Å². The van der Waals surface area contributed by atoms with E-state index in [1.807, 2.05) is 0 Å². The average Bonchev–Trinajstić information content (AvgIpc) is 2.29. The van der Waals surface area contributed by atoms with E-state index in [0.29, 0.717) is 33.0 Å². The van der Waals surface area contributed by atoms with E-state index >= 15 is 0 Å². The first kappa shape index (κ1) is 13.2. The molecule has 0 radical (unpaired) electrons. The second-order valence-electron chi connectivity index (χ2n) is 3.82. The Kier molecular flexibility index (Phi) is 3.82. The monoisotopic (exact) mass is 330 g/mol. The first-order valence-corrected chi connectivity index (χ1v) is 6.33. The third kappa shape index (κ3) is 2.79. The molecule has 0 unspecified atom stereocenters. The van der Waals surface area contributed by atoms with Gasteiger partial charge in [0.25, 0.3) is 5.56 Å². The second-order valence-corrected chi connectivity index (χ2v) is 5.02. The number of H-pyrrole nitrogens is 1. The largest absolute Gasteiger partial charge is 0.309 e. The first-order valence-electron chi connectivity index (χ1n) is 5.16. The van der Waals surface area contributed by atoms with Gasteiger partial charge in [-0.05, 0) is 40.5 Å². The summed E-state index contributed by atoms with van der Waals surface area (Å²) < 4.78 is 13.3. The Bertz CT molecular complexity index is 657. The van der Waals surface area contributed by atoms with Crippen molar-refractivity contribution >= 4 is 27.5 Å². The van der Waals surface area contributed by atoms with E-state index in [-0.39, 0.29) is 5.56 Å². The van der Waals surface area contributed by atoms with Crippen molar-refractivity contribution in [1.82, 2.24) is 9.97 Å². The van der Waals surface area contributed by atoms with Crippen molar-refractivity contribution in [1.29, 1.82) is 0 Å². The summed E-state index contributed by atoms with van der Waals surface area (Å²) in [5.41, 5.74) is 1.07. The molecule has 0 aliphatic heterocycles. The maximum atomic E-state index is 12.9. The van der Waals surface area contributed by atoms with E-state index in [1.54, 1.807) is 13.0 Å². The number of rotatable bonds is 2. The lowest BCUT2D eigenvalue weighted by atomic mass is 10.1. The van der Waals surface area contributed by atoms with Crippen LogP contribution in [0.25, 0.3) is 0 Å². The number of halogens is 3. The van der Waals surface area contributed by atoms with Crippen LogP contribution in [0.3, 0.4) is 0 Å². The smallest absolute Gasteiger partial charge is 0.265 e. The van der Waals surface area contributed by atoms with Gasteiger partial charge >= 0.3 is 0 Å². The van der Waals surface area contributed by atoms with Crippen molar-refractivity contribution in [3.63, 3.8) is 0 Å². The zero-order valence-corrected chi connectivity index (χ0v) is 11.8. The molecule has 6 heteroatoms. The van der Waals surface area contributed by atoms with E-state index in [1.165, 1.54) is 12.1 Å². The van der Waals surface area contributed by atoms with Crippen LogP contribution in [0, 0.1) is 12.7 Å². The standard InChI is InChI=1S/C12H9BrClFN2O/c1-6-11(13)12(18)17-10(16-6)4-7-2-3-8(15)5-9(7)14/h2-3,5H,4H2,1H3,(H,16,17,18). The predicted octanol–water partition coefficient (Wildman–Crippen LogP) is 3.22. The molecule has 0 amide bonds. The van der Waals surface area contributed by atoms with Crippen LogP contribution in [-0.2, 0) is 6.42 Å². The summed E-state index contributed by atoms with van der Waals surface area (Å²) in [5.74, 6) is 0.103. The van der Waals surface area contributed by atoms with E-state index in [4.69, 9.17) is 11.6 Å². The van der Waals surface area contributed by atoms with Crippen molar-refractivity contribution in [3.05, 3.63) is 60.9 Å². The highest BCUT2D eigenvalue weighted by atomic mass is 79.9. The second kappa shape index (κ2) is 5.20. The maximum absolute atomic E-state index is 12.9. The normalized spacial score (nSPS) is 10.7. The summed E-state index contributed by atoms with van der Waals surface area (Å²) in [6.45, 7) is 1.73. The van der Waals surface area contributed by atoms with Crippen LogP contribution in [0.15, 0.2) is 27.5 Å². The number of hydrogen-bond acceptors (Lipinski definition) is 2. The van der Waals surface area contributed by atoms with Gasteiger partial charge in [0.2, 0.25) is 0 Å². The SMILES string of the molecule is Cc1nc(Cc2ccc(F)cc2Cl)[nH]c(=O)c1Br. The number of aromatic amines is 1. The van der Waals surface area contributed by atoms with Crippen LogP contribution in [-0.4, -0.2) is 9.97 Å². The summed E-state index contributed by atoms with van der Waals surface area (Å²) in [4.78, 5) is 18.4. The van der Waals surface area contributed by atoms with Gasteiger partial charge < -0.3 is 4.98 Å². The fraction of sp³-hybridized carbons (Fsp3) is 0.167. The van der Waals surface area contributed by atoms with Crippen LogP contribution in [0.5, 0.6) is 0 Å². The van der Waals surface area contributed by atoms with Gasteiger partial charge in [-0.2, -0.15) is 0 Å². The molecule has 0 atom stereocenters. The third-order valence-electron chi connectivity index (χ3n) is 2.45. The Morgan fingerprint density at radius 1 is 1.50 bits per heavy atom. The van der Waals surface area contributed by atoms with Gasteiger partial charge in [0, 0.05) is 11.4 Å². The Morgan fingerprint density at radius 3 is 2.83 bits per heavy atom. The van der Waals surface area contributed by atoms with E-state index < -0.39 is 5.82 Å². The van der Waals surface area contributed by atoms with E-state index in [2.05, 4.69) is 25.9 Å². The minimum atomic E-state index is -0.391. The van der Waals surface area contributed by atoms with Crippen LogP contribution >= 0.6 is 27.5 Å². The summed E-state index contributed by atoms with van der Waals surface area (Å²) in [5, 5.41) is 0.318. The molecule has 0 saturated heterocycles. The van der Waals surface area contributed by atoms with E-state index in [9.17, 15) is 9.18 Å². The molecular formula is C12H9BrClFN2O. The number of aryl methyl sites for hydroxylation is 1. The molecule has 94 valence electrons. The zero-order valence-electron chi connectivity index (χ0n) is 9.43. The molecule has 3 nitrogen and oxygen atoms in total. The van der Waals surface area contributed by atoms with Gasteiger partial charge in [-0.1, -0.05) is 17.7 Å². The fourth-order valence-corrected chi connectivity index (χ4v) is 1.98. The maximum Gasteiger partial charge on any atom is 0.265 e. The summed E-state index contributed by atoms with van der Waals surface area (Å²) >= 11 is 9.06. The Labute approximate surface area is 116 Å². The van der Waals surface area contributed by atoms with Crippen molar-refractivity contribution < 1.29 is 4.39 Å². The quantitative estimate of drug-likeness (QED) is 0.918. The Morgan fingerprint density at radius 2 is 2.22 bits per heavy atom. The molecule has 0 saturated carbocycles. The molecule has 1 aromatic heterocycles. The summed E-state index contributed by atoms with van der Waals surface area (Å²) in [7, 11) is 0. The molecular weight excluding hydrogens is 322 g/mol. The van der Waals surface area contributed by atoms with Crippen LogP contribution in [0.2, 0.25) is 5.02 Å². The molecule has 2 aromatic rings. The lowest BCUT2D eigenvalue weighted by Crippen LogP contribution is -2.14. The minimum absolute atomic E-state index is 0.240. The number of nitrogens with zero attached hydrogens (tertiary/aromatic N) is 1. The summed E-state index contributed by atoms with van der Waals surface area (Å²) in [6, 6.07) is 4.14. The minimum Gasteiger partial charge on any atom is -0.309 e. The third-order valence-corrected chi connectivity index (χ3v) is 3.74. The molecule has 0 fully saturated rings. The highest BCUT2D eigenvalue weighted by Crippen LogP contribution is 2.19. The number of aromatic nitrogens is 2. The molecule has 0 aliphatic carbocycles. The van der Waals surface area contributed by atoms with Gasteiger partial charge in [0.1, 0.15) is 16.1 Å². The number of hydrogen-bond donors (Lipinski definition) is 1. The molecule has 0 spiro atoms. The molecule has 1 N–H and O–H groups in total. The zero-order chi connectivity index (χ0) is 13.3. The van der Waals surface area contributed by atoms with Crippen LogP contribution < -0.4 is 5.56 Å². The van der Waals surface area contributed by atoms with Gasteiger partial charge in [0.05, 0.1) is 5.69 Å². The first-order chi connectivity index (χ1) is 8.47. The van der Waals surface area contributed by atoms with Crippen molar-refractivity contribution in [3.8, 4) is 0 Å². The number of benzene rings is 1. The van der Waals surface area contributed by atoms with Gasteiger partial charge in [-0.3, -0.25) is 4.79 Å². The van der Waals surface area contributed by atoms with Crippen molar-refractivity contribution in [2.24, 2.45) is 0 Å². The highest BCUT2D eigenvalue weighted by molar-refractivity contribution is 9.10. The average molecular weight is 332 g/mol. The Balaban J connectivity index is 2.37. The lowest BCUT2D eigenvalue weighted by Gasteiger charge is -2.05. The number of nitrogens with one attached hydrogen (secondary N) is 1. The van der Waals surface area contributed by atoms with Crippen molar-refractivity contribution in [2.45, 2.75) is 13.3 Å². The molecule has 1 heterocycles. The highest BCUT2D eigenvalue weighted by Gasteiger charge is 2.08. The predicted molar refractivity (Wildman–Crippen MR) is 71.5 cm³/mol. The summed E-state index contributed by atoms with van der Waals surface area (Å²) in [6.07, 6.45) is 0.350. The molecule has 2 rings (SSSR count). The van der Waals surface area contributed by atoms with Crippen LogP contribution in [0.4, 0.5) is 4.39 Å². The van der Waals surface area contributed by atoms with Gasteiger partial charge in [-0.25, -0.2) is 9.37 Å².